The molecular formula is C17H25N. The largest absolute Gasteiger partial charge is 0.299 e. The van der Waals surface area contributed by atoms with Gasteiger partial charge in [-0.25, -0.2) is 0 Å². The van der Waals surface area contributed by atoms with E-state index in [-0.39, 0.29) is 0 Å². The summed E-state index contributed by atoms with van der Waals surface area (Å²) in [6.07, 6.45) is 8.26. The fourth-order valence-electron chi connectivity index (χ4n) is 3.58. The van der Waals surface area contributed by atoms with Crippen molar-refractivity contribution in [2.24, 2.45) is 0 Å². The molecule has 1 fully saturated rings. The minimum Gasteiger partial charge on any atom is -0.299 e. The summed E-state index contributed by atoms with van der Waals surface area (Å²) in [5.41, 5.74) is 4.77. The first-order chi connectivity index (χ1) is 8.83. The molecule has 0 N–H and O–H groups in total. The molecular weight excluding hydrogens is 218 g/mol. The van der Waals surface area contributed by atoms with Crippen molar-refractivity contribution >= 4 is 0 Å². The number of aryl methyl sites for hydroxylation is 1. The van der Waals surface area contributed by atoms with Crippen molar-refractivity contribution in [2.75, 3.05) is 13.1 Å². The summed E-state index contributed by atoms with van der Waals surface area (Å²) in [5, 5.41) is 0. The summed E-state index contributed by atoms with van der Waals surface area (Å²) < 4.78 is 0. The molecule has 0 spiro atoms. The molecule has 3 rings (SSSR count). The Kier molecular flexibility index (Phi) is 3.69. The van der Waals surface area contributed by atoms with Gasteiger partial charge in [0, 0.05) is 6.54 Å². The van der Waals surface area contributed by atoms with Gasteiger partial charge in [-0.2, -0.15) is 0 Å². The summed E-state index contributed by atoms with van der Waals surface area (Å²) in [5.74, 6) is 0.776. The predicted octanol–water partition coefficient (Wildman–Crippen LogP) is 4.11. The van der Waals surface area contributed by atoms with Gasteiger partial charge < -0.3 is 0 Å². The highest BCUT2D eigenvalue weighted by Gasteiger charge is 2.17. The SMILES string of the molecule is C[C@@H]1CCCc2cc(CN3CCCCC3)ccc21. The van der Waals surface area contributed by atoms with Gasteiger partial charge in [0.25, 0.3) is 0 Å². The lowest BCUT2D eigenvalue weighted by Gasteiger charge is -2.28. The maximum absolute atomic E-state index is 2.62. The maximum Gasteiger partial charge on any atom is 0.0233 e. The van der Waals surface area contributed by atoms with Gasteiger partial charge in [-0.1, -0.05) is 31.5 Å². The number of likely N-dealkylation sites (tertiary alicyclic amines) is 1. The zero-order valence-corrected chi connectivity index (χ0v) is 11.6. The molecule has 1 heteroatoms. The summed E-state index contributed by atoms with van der Waals surface area (Å²) in [7, 11) is 0. The van der Waals surface area contributed by atoms with Crippen LogP contribution in [0.4, 0.5) is 0 Å². The Morgan fingerprint density at radius 1 is 1.11 bits per heavy atom. The molecule has 1 nitrogen and oxygen atoms in total. The lowest BCUT2D eigenvalue weighted by Crippen LogP contribution is -2.29. The fraction of sp³-hybridized carbons (Fsp3) is 0.647. The number of hydrogen-bond acceptors (Lipinski definition) is 1. The van der Waals surface area contributed by atoms with Crippen LogP contribution >= 0.6 is 0 Å². The molecule has 1 aliphatic heterocycles. The Hall–Kier alpha value is -0.820. The second-order valence-corrected chi connectivity index (χ2v) is 6.16. The Morgan fingerprint density at radius 3 is 2.78 bits per heavy atom. The lowest BCUT2D eigenvalue weighted by atomic mass is 9.83. The molecule has 0 aromatic heterocycles. The first-order valence-electron chi connectivity index (χ1n) is 7.67. The van der Waals surface area contributed by atoms with Crippen molar-refractivity contribution < 1.29 is 0 Å². The van der Waals surface area contributed by atoms with E-state index in [1.807, 2.05) is 0 Å². The minimum absolute atomic E-state index is 0.776. The van der Waals surface area contributed by atoms with Gasteiger partial charge in [-0.3, -0.25) is 4.90 Å². The van der Waals surface area contributed by atoms with Crippen LogP contribution in [0.1, 0.15) is 61.6 Å². The Labute approximate surface area is 111 Å². The van der Waals surface area contributed by atoms with Gasteiger partial charge in [-0.15, -0.1) is 0 Å². The molecule has 0 radical (unpaired) electrons. The quantitative estimate of drug-likeness (QED) is 0.755. The van der Waals surface area contributed by atoms with E-state index in [0.29, 0.717) is 0 Å². The second kappa shape index (κ2) is 5.44. The average Bonchev–Trinajstić information content (AvgIpc) is 2.40. The molecule has 18 heavy (non-hydrogen) atoms. The van der Waals surface area contributed by atoms with Crippen molar-refractivity contribution in [2.45, 2.75) is 57.9 Å². The van der Waals surface area contributed by atoms with Crippen LogP contribution in [0.25, 0.3) is 0 Å². The third-order valence-corrected chi connectivity index (χ3v) is 4.68. The van der Waals surface area contributed by atoms with E-state index in [4.69, 9.17) is 0 Å². The highest BCUT2D eigenvalue weighted by molar-refractivity contribution is 5.36. The smallest absolute Gasteiger partial charge is 0.0233 e. The minimum atomic E-state index is 0.776. The Morgan fingerprint density at radius 2 is 1.94 bits per heavy atom. The molecule has 1 heterocycles. The zero-order valence-electron chi connectivity index (χ0n) is 11.6. The molecule has 0 bridgehead atoms. The molecule has 1 aliphatic carbocycles. The molecule has 1 aromatic carbocycles. The van der Waals surface area contributed by atoms with E-state index in [0.717, 1.165) is 5.92 Å². The molecule has 2 aliphatic rings. The van der Waals surface area contributed by atoms with Crippen LogP contribution in [-0.2, 0) is 13.0 Å². The first kappa shape index (κ1) is 12.2. The summed E-state index contributed by atoms with van der Waals surface area (Å²) in [6.45, 7) is 6.14. The highest BCUT2D eigenvalue weighted by Crippen LogP contribution is 2.31. The van der Waals surface area contributed by atoms with Crippen LogP contribution in [0, 0.1) is 0 Å². The summed E-state index contributed by atoms with van der Waals surface area (Å²) >= 11 is 0. The predicted molar refractivity (Wildman–Crippen MR) is 76.9 cm³/mol. The van der Waals surface area contributed by atoms with E-state index in [2.05, 4.69) is 30.0 Å². The van der Waals surface area contributed by atoms with Gasteiger partial charge in [-0.05, 0) is 67.8 Å². The van der Waals surface area contributed by atoms with Crippen molar-refractivity contribution in [1.82, 2.24) is 4.90 Å². The van der Waals surface area contributed by atoms with E-state index in [1.54, 1.807) is 11.1 Å². The number of piperidine rings is 1. The number of benzene rings is 1. The van der Waals surface area contributed by atoms with Crippen LogP contribution in [0.5, 0.6) is 0 Å². The topological polar surface area (TPSA) is 3.24 Å². The van der Waals surface area contributed by atoms with Gasteiger partial charge in [0.2, 0.25) is 0 Å². The molecule has 0 saturated carbocycles. The highest BCUT2D eigenvalue weighted by atomic mass is 15.1. The normalized spacial score (nSPS) is 24.8. The number of hydrogen-bond donors (Lipinski definition) is 0. The fourth-order valence-corrected chi connectivity index (χ4v) is 3.58. The summed E-state index contributed by atoms with van der Waals surface area (Å²) in [4.78, 5) is 2.62. The van der Waals surface area contributed by atoms with E-state index in [1.165, 1.54) is 63.7 Å². The standard InChI is InChI=1S/C17H25N/c1-14-6-5-7-16-12-15(8-9-17(14)16)13-18-10-3-2-4-11-18/h8-9,12,14H,2-7,10-11,13H2,1H3/t14-/m1/s1. The van der Waals surface area contributed by atoms with E-state index < -0.39 is 0 Å². The number of fused-ring (bicyclic) bond motifs is 1. The van der Waals surface area contributed by atoms with Crippen molar-refractivity contribution in [1.29, 1.82) is 0 Å². The molecule has 0 amide bonds. The maximum atomic E-state index is 2.62. The van der Waals surface area contributed by atoms with Crippen LogP contribution in [0.2, 0.25) is 0 Å². The van der Waals surface area contributed by atoms with Crippen LogP contribution in [0.15, 0.2) is 18.2 Å². The molecule has 1 atom stereocenters. The first-order valence-corrected chi connectivity index (χ1v) is 7.67. The average molecular weight is 243 g/mol. The third kappa shape index (κ3) is 2.61. The van der Waals surface area contributed by atoms with Crippen LogP contribution < -0.4 is 0 Å². The van der Waals surface area contributed by atoms with Crippen LogP contribution in [0.3, 0.4) is 0 Å². The molecule has 98 valence electrons. The Balaban J connectivity index is 1.73. The van der Waals surface area contributed by atoms with Crippen molar-refractivity contribution in [3.05, 3.63) is 34.9 Å². The third-order valence-electron chi connectivity index (χ3n) is 4.68. The molecule has 1 aromatic rings. The Bertz CT molecular complexity index is 404. The van der Waals surface area contributed by atoms with Crippen molar-refractivity contribution in [3.8, 4) is 0 Å². The van der Waals surface area contributed by atoms with Gasteiger partial charge in [0.05, 0.1) is 0 Å². The monoisotopic (exact) mass is 243 g/mol. The molecule has 0 unspecified atom stereocenters. The summed E-state index contributed by atoms with van der Waals surface area (Å²) in [6, 6.07) is 7.26. The van der Waals surface area contributed by atoms with Crippen molar-refractivity contribution in [3.63, 3.8) is 0 Å². The number of rotatable bonds is 2. The van der Waals surface area contributed by atoms with Crippen LogP contribution in [-0.4, -0.2) is 18.0 Å². The van der Waals surface area contributed by atoms with Gasteiger partial charge in [0.1, 0.15) is 0 Å². The lowest BCUT2D eigenvalue weighted by molar-refractivity contribution is 0.221. The molecule has 1 saturated heterocycles. The van der Waals surface area contributed by atoms with E-state index >= 15 is 0 Å². The van der Waals surface area contributed by atoms with Gasteiger partial charge >= 0.3 is 0 Å². The zero-order chi connectivity index (χ0) is 12.4. The second-order valence-electron chi connectivity index (χ2n) is 6.16. The van der Waals surface area contributed by atoms with E-state index in [9.17, 15) is 0 Å². The number of nitrogens with zero attached hydrogens (tertiary/aromatic N) is 1. The van der Waals surface area contributed by atoms with Gasteiger partial charge in [0.15, 0.2) is 0 Å².